The number of esters is 1. The van der Waals surface area contributed by atoms with Crippen LogP contribution in [0, 0.1) is 17.8 Å². The first-order valence-electron chi connectivity index (χ1n) is 11.5. The highest BCUT2D eigenvalue weighted by atomic mass is 16.5. The lowest BCUT2D eigenvalue weighted by Crippen LogP contribution is -2.48. The minimum Gasteiger partial charge on any atom is -0.507 e. The zero-order valence-corrected chi connectivity index (χ0v) is 17.9. The van der Waals surface area contributed by atoms with Gasteiger partial charge in [0, 0.05) is 11.1 Å². The molecule has 3 nitrogen and oxygen atoms in total. The highest BCUT2D eigenvalue weighted by molar-refractivity contribution is 6.09. The average molecular weight is 413 g/mol. The van der Waals surface area contributed by atoms with Crippen LogP contribution in [0.2, 0.25) is 0 Å². The Morgan fingerprint density at radius 1 is 0.935 bits per heavy atom. The number of carbonyl (C=O) groups is 1. The van der Waals surface area contributed by atoms with Crippen LogP contribution >= 0.6 is 0 Å². The largest absolute Gasteiger partial charge is 0.507 e. The van der Waals surface area contributed by atoms with Gasteiger partial charge in [0.15, 0.2) is 0 Å². The molecule has 4 aliphatic carbocycles. The molecule has 4 aliphatic rings. The second-order valence-electron chi connectivity index (χ2n) is 10.1. The van der Waals surface area contributed by atoms with Crippen LogP contribution in [-0.2, 0) is 10.2 Å². The molecule has 3 aromatic rings. The summed E-state index contributed by atoms with van der Waals surface area (Å²) in [6, 6.07) is 18.0. The van der Waals surface area contributed by atoms with Crippen molar-refractivity contribution in [2.75, 3.05) is 7.11 Å². The Morgan fingerprint density at radius 3 is 2.29 bits per heavy atom. The van der Waals surface area contributed by atoms with Gasteiger partial charge >= 0.3 is 5.97 Å². The zero-order chi connectivity index (χ0) is 21.2. The van der Waals surface area contributed by atoms with Gasteiger partial charge in [0.05, 0.1) is 12.7 Å². The van der Waals surface area contributed by atoms with Crippen LogP contribution < -0.4 is 0 Å². The smallest absolute Gasteiger partial charge is 0.338 e. The van der Waals surface area contributed by atoms with E-state index in [2.05, 4.69) is 12.1 Å². The monoisotopic (exact) mass is 412 g/mol. The minimum atomic E-state index is -0.375. The molecule has 158 valence electrons. The molecule has 0 aliphatic heterocycles. The Labute approximate surface area is 183 Å². The van der Waals surface area contributed by atoms with E-state index < -0.39 is 0 Å². The molecule has 0 amide bonds. The maximum absolute atomic E-state index is 12.7. The Hall–Kier alpha value is -2.81. The van der Waals surface area contributed by atoms with Crippen LogP contribution in [0.4, 0.5) is 0 Å². The Kier molecular flexibility index (Phi) is 4.18. The van der Waals surface area contributed by atoms with Crippen molar-refractivity contribution in [2.45, 2.75) is 43.9 Å². The van der Waals surface area contributed by atoms with E-state index in [4.69, 9.17) is 4.74 Å². The molecule has 0 atom stereocenters. The average Bonchev–Trinajstić information content (AvgIpc) is 2.77. The van der Waals surface area contributed by atoms with Gasteiger partial charge < -0.3 is 9.84 Å². The summed E-state index contributed by atoms with van der Waals surface area (Å²) in [6.45, 7) is 0. The molecule has 1 N–H and O–H groups in total. The maximum atomic E-state index is 12.7. The topological polar surface area (TPSA) is 46.5 Å². The van der Waals surface area contributed by atoms with Crippen molar-refractivity contribution in [1.29, 1.82) is 0 Å². The quantitative estimate of drug-likeness (QED) is 0.502. The SMILES string of the molecule is COC(=O)c1ccc2ccccc2c1-c1cc(C23CC4CC(CC(C4)C2)C3)ccc1O. The summed E-state index contributed by atoms with van der Waals surface area (Å²) in [5, 5.41) is 13.0. The van der Waals surface area contributed by atoms with E-state index in [9.17, 15) is 9.90 Å². The summed E-state index contributed by atoms with van der Waals surface area (Å²) in [6.07, 6.45) is 8.01. The Balaban J connectivity index is 1.55. The second kappa shape index (κ2) is 6.85. The molecule has 31 heavy (non-hydrogen) atoms. The first kappa shape index (κ1) is 18.9. The van der Waals surface area contributed by atoms with Gasteiger partial charge in [-0.05, 0) is 96.2 Å². The lowest BCUT2D eigenvalue weighted by Gasteiger charge is -2.57. The third-order valence-corrected chi connectivity index (χ3v) is 8.25. The fourth-order valence-corrected chi connectivity index (χ4v) is 7.37. The van der Waals surface area contributed by atoms with Gasteiger partial charge in [0.2, 0.25) is 0 Å². The summed E-state index contributed by atoms with van der Waals surface area (Å²) in [4.78, 5) is 12.7. The number of methoxy groups -OCH3 is 1. The van der Waals surface area contributed by atoms with Crippen molar-refractivity contribution in [3.05, 3.63) is 65.7 Å². The van der Waals surface area contributed by atoms with E-state index >= 15 is 0 Å². The van der Waals surface area contributed by atoms with Crippen molar-refractivity contribution in [1.82, 2.24) is 0 Å². The van der Waals surface area contributed by atoms with Gasteiger partial charge in [0.25, 0.3) is 0 Å². The second-order valence-corrected chi connectivity index (χ2v) is 10.1. The highest BCUT2D eigenvalue weighted by Crippen LogP contribution is 2.61. The molecule has 0 heterocycles. The third-order valence-electron chi connectivity index (χ3n) is 8.25. The van der Waals surface area contributed by atoms with Crippen LogP contribution in [0.1, 0.15) is 54.4 Å². The summed E-state index contributed by atoms with van der Waals surface area (Å²) >= 11 is 0. The van der Waals surface area contributed by atoms with E-state index in [1.807, 2.05) is 42.5 Å². The number of hydrogen-bond donors (Lipinski definition) is 1. The van der Waals surface area contributed by atoms with Crippen molar-refractivity contribution in [3.63, 3.8) is 0 Å². The predicted octanol–water partition coefficient (Wildman–Crippen LogP) is 6.47. The normalized spacial score (nSPS) is 28.7. The van der Waals surface area contributed by atoms with Crippen molar-refractivity contribution in [3.8, 4) is 16.9 Å². The van der Waals surface area contributed by atoms with E-state index in [1.165, 1.54) is 51.2 Å². The van der Waals surface area contributed by atoms with Crippen molar-refractivity contribution >= 4 is 16.7 Å². The molecular weight excluding hydrogens is 384 g/mol. The van der Waals surface area contributed by atoms with E-state index in [-0.39, 0.29) is 17.1 Å². The van der Waals surface area contributed by atoms with Gasteiger partial charge in [0.1, 0.15) is 5.75 Å². The van der Waals surface area contributed by atoms with Crippen LogP contribution in [0.15, 0.2) is 54.6 Å². The lowest BCUT2D eigenvalue weighted by atomic mass is 9.48. The molecule has 0 unspecified atom stereocenters. The van der Waals surface area contributed by atoms with E-state index in [0.717, 1.165) is 39.7 Å². The molecule has 4 fully saturated rings. The van der Waals surface area contributed by atoms with Crippen molar-refractivity contribution < 1.29 is 14.6 Å². The number of ether oxygens (including phenoxy) is 1. The number of phenols is 1. The summed E-state index contributed by atoms with van der Waals surface area (Å²) < 4.78 is 5.10. The first-order valence-corrected chi connectivity index (χ1v) is 11.5. The number of phenolic OH excluding ortho intramolecular Hbond substituents is 1. The van der Waals surface area contributed by atoms with E-state index in [0.29, 0.717) is 5.56 Å². The third kappa shape index (κ3) is 2.90. The number of carbonyl (C=O) groups excluding carboxylic acids is 1. The van der Waals surface area contributed by atoms with Gasteiger partial charge in [-0.1, -0.05) is 36.4 Å². The van der Waals surface area contributed by atoms with Crippen LogP contribution in [-0.4, -0.2) is 18.2 Å². The van der Waals surface area contributed by atoms with E-state index in [1.54, 1.807) is 0 Å². The number of fused-ring (bicyclic) bond motifs is 1. The molecular formula is C28H28O3. The fraction of sp³-hybridized carbons (Fsp3) is 0.393. The predicted molar refractivity (Wildman–Crippen MR) is 122 cm³/mol. The Morgan fingerprint density at radius 2 is 1.61 bits per heavy atom. The standard InChI is InChI=1S/C28H28O3/c1-31-27(30)23-8-6-20-4-2-3-5-22(20)26(23)24-13-21(7-9-25(24)29)28-14-17-10-18(15-28)12-19(11-17)16-28/h2-9,13,17-19,29H,10-12,14-16H2,1H3. The zero-order valence-electron chi connectivity index (χ0n) is 17.9. The molecule has 0 radical (unpaired) electrons. The van der Waals surface area contributed by atoms with Crippen LogP contribution in [0.5, 0.6) is 5.75 Å². The fourth-order valence-electron chi connectivity index (χ4n) is 7.37. The highest BCUT2D eigenvalue weighted by Gasteiger charge is 2.51. The minimum absolute atomic E-state index is 0.218. The molecule has 0 saturated heterocycles. The number of rotatable bonds is 3. The summed E-state index contributed by atoms with van der Waals surface area (Å²) in [5.41, 5.74) is 3.58. The van der Waals surface area contributed by atoms with Gasteiger partial charge in [-0.2, -0.15) is 0 Å². The lowest BCUT2D eigenvalue weighted by molar-refractivity contribution is -0.00518. The summed E-state index contributed by atoms with van der Waals surface area (Å²) in [5.74, 6) is 2.40. The maximum Gasteiger partial charge on any atom is 0.338 e. The molecule has 7 rings (SSSR count). The van der Waals surface area contributed by atoms with Crippen LogP contribution in [0.3, 0.4) is 0 Å². The van der Waals surface area contributed by atoms with Gasteiger partial charge in [-0.15, -0.1) is 0 Å². The van der Waals surface area contributed by atoms with Gasteiger partial charge in [-0.25, -0.2) is 4.79 Å². The Bertz CT molecular complexity index is 1160. The molecule has 0 aromatic heterocycles. The number of aromatic hydroxyl groups is 1. The summed E-state index contributed by atoms with van der Waals surface area (Å²) in [7, 11) is 1.41. The molecule has 4 saturated carbocycles. The molecule has 3 aromatic carbocycles. The van der Waals surface area contributed by atoms with Crippen molar-refractivity contribution in [2.24, 2.45) is 17.8 Å². The number of hydrogen-bond acceptors (Lipinski definition) is 3. The van der Waals surface area contributed by atoms with Crippen LogP contribution in [0.25, 0.3) is 21.9 Å². The first-order chi connectivity index (χ1) is 15.1. The molecule has 3 heteroatoms. The molecule has 4 bridgehead atoms. The van der Waals surface area contributed by atoms with Gasteiger partial charge in [-0.3, -0.25) is 0 Å². The number of benzene rings is 3. The molecule has 0 spiro atoms.